The predicted octanol–water partition coefficient (Wildman–Crippen LogP) is 3.51. The smallest absolute Gasteiger partial charge is 0.0761 e. The first-order valence-electron chi connectivity index (χ1n) is 7.42. The highest BCUT2D eigenvalue weighted by Gasteiger charge is 2.38. The average Bonchev–Trinajstić information content (AvgIpc) is 2.50. The van der Waals surface area contributed by atoms with E-state index in [1.807, 2.05) is 18.2 Å². The summed E-state index contributed by atoms with van der Waals surface area (Å²) in [4.78, 5) is 2.34. The van der Waals surface area contributed by atoms with Crippen molar-refractivity contribution in [2.45, 2.75) is 38.3 Å². The molecule has 1 fully saturated rings. The van der Waals surface area contributed by atoms with Crippen molar-refractivity contribution in [1.82, 2.24) is 4.90 Å². The lowest BCUT2D eigenvalue weighted by atomic mass is 9.85. The largest absolute Gasteiger partial charge is 0.391 e. The number of morpholine rings is 1. The quantitative estimate of drug-likeness (QED) is 0.853. The third-order valence-electron chi connectivity index (χ3n) is 4.60. The molecule has 1 aromatic rings. The topological polar surface area (TPSA) is 32.7 Å². The summed E-state index contributed by atoms with van der Waals surface area (Å²) in [5, 5.41) is 11.5. The lowest BCUT2D eigenvalue weighted by Crippen LogP contribution is -2.58. The summed E-state index contributed by atoms with van der Waals surface area (Å²) in [7, 11) is 0. The van der Waals surface area contributed by atoms with E-state index in [1.54, 1.807) is 0 Å². The zero-order valence-electron chi connectivity index (χ0n) is 12.6. The molecule has 0 aliphatic carbocycles. The van der Waals surface area contributed by atoms with Gasteiger partial charge < -0.3 is 9.84 Å². The minimum absolute atomic E-state index is 0.250. The van der Waals surface area contributed by atoms with E-state index >= 15 is 0 Å². The first kappa shape index (κ1) is 17.2. The summed E-state index contributed by atoms with van der Waals surface area (Å²) in [5.41, 5.74) is 0.737. The molecule has 21 heavy (non-hydrogen) atoms. The Morgan fingerprint density at radius 3 is 2.67 bits per heavy atom. The minimum Gasteiger partial charge on any atom is -0.391 e. The van der Waals surface area contributed by atoms with Crippen molar-refractivity contribution in [3.8, 4) is 0 Å². The van der Waals surface area contributed by atoms with Gasteiger partial charge in [0.05, 0.1) is 19.3 Å². The summed E-state index contributed by atoms with van der Waals surface area (Å²) in [5.74, 6) is 0. The van der Waals surface area contributed by atoms with Crippen molar-refractivity contribution in [2.24, 2.45) is 0 Å². The molecule has 5 heteroatoms. The second kappa shape index (κ2) is 7.42. The Hall–Kier alpha value is -0.130. The molecule has 118 valence electrons. The van der Waals surface area contributed by atoms with Crippen LogP contribution in [0, 0.1) is 0 Å². The molecule has 0 spiro atoms. The van der Waals surface area contributed by atoms with Gasteiger partial charge in [0.15, 0.2) is 0 Å². The van der Waals surface area contributed by atoms with Gasteiger partial charge in [-0.25, -0.2) is 0 Å². The summed E-state index contributed by atoms with van der Waals surface area (Å²) in [6.45, 7) is 7.48. The Balaban J connectivity index is 2.13. The van der Waals surface area contributed by atoms with Crippen LogP contribution in [0.4, 0.5) is 0 Å². The van der Waals surface area contributed by atoms with Crippen LogP contribution in [0.3, 0.4) is 0 Å². The van der Waals surface area contributed by atoms with Gasteiger partial charge in [-0.1, -0.05) is 40.5 Å². The van der Waals surface area contributed by atoms with Gasteiger partial charge in [-0.2, -0.15) is 0 Å². The van der Waals surface area contributed by atoms with Gasteiger partial charge in [0.25, 0.3) is 0 Å². The van der Waals surface area contributed by atoms with Gasteiger partial charge in [0.2, 0.25) is 0 Å². The van der Waals surface area contributed by atoms with E-state index in [0.29, 0.717) is 11.4 Å². The standard InChI is InChI=1S/C16H23BrClNO2/c1-3-16(2,19-6-8-21-9-7-19)15(20)10-12-4-5-13(17)11-14(12)18/h4-5,11,15,20H,3,6-10H2,1-2H3. The van der Waals surface area contributed by atoms with Crippen LogP contribution in [0.15, 0.2) is 22.7 Å². The van der Waals surface area contributed by atoms with Gasteiger partial charge in [-0.3, -0.25) is 4.90 Å². The van der Waals surface area contributed by atoms with Crippen molar-refractivity contribution in [2.75, 3.05) is 26.3 Å². The molecule has 0 bridgehead atoms. The van der Waals surface area contributed by atoms with E-state index < -0.39 is 6.10 Å². The Bertz CT molecular complexity index is 479. The number of hydrogen-bond acceptors (Lipinski definition) is 3. The van der Waals surface area contributed by atoms with Gasteiger partial charge >= 0.3 is 0 Å². The molecule has 1 aromatic carbocycles. The van der Waals surface area contributed by atoms with E-state index in [1.165, 1.54) is 0 Å². The van der Waals surface area contributed by atoms with Crippen LogP contribution in [-0.2, 0) is 11.2 Å². The first-order valence-corrected chi connectivity index (χ1v) is 8.59. The maximum Gasteiger partial charge on any atom is 0.0761 e. The van der Waals surface area contributed by atoms with Crippen molar-refractivity contribution in [3.63, 3.8) is 0 Å². The van der Waals surface area contributed by atoms with Crippen LogP contribution < -0.4 is 0 Å². The Morgan fingerprint density at radius 1 is 1.43 bits per heavy atom. The molecule has 2 atom stereocenters. The van der Waals surface area contributed by atoms with Crippen molar-refractivity contribution in [3.05, 3.63) is 33.3 Å². The van der Waals surface area contributed by atoms with Crippen molar-refractivity contribution >= 4 is 27.5 Å². The number of ether oxygens (including phenoxy) is 1. The zero-order chi connectivity index (χ0) is 15.5. The van der Waals surface area contributed by atoms with Gasteiger partial charge in [-0.05, 0) is 31.0 Å². The van der Waals surface area contributed by atoms with Gasteiger partial charge in [0, 0.05) is 34.5 Å². The molecule has 0 amide bonds. The fourth-order valence-electron chi connectivity index (χ4n) is 2.86. The molecule has 1 heterocycles. The fraction of sp³-hybridized carbons (Fsp3) is 0.625. The normalized spacial score (nSPS) is 21.0. The Kier molecular flexibility index (Phi) is 6.09. The lowest BCUT2D eigenvalue weighted by molar-refractivity contribution is -0.0714. The van der Waals surface area contributed by atoms with Gasteiger partial charge in [0.1, 0.15) is 0 Å². The van der Waals surface area contributed by atoms with Crippen molar-refractivity contribution in [1.29, 1.82) is 0 Å². The highest BCUT2D eigenvalue weighted by Crippen LogP contribution is 2.29. The number of aliphatic hydroxyl groups is 1. The number of halogens is 2. The Morgan fingerprint density at radius 2 is 2.10 bits per heavy atom. The maximum absolute atomic E-state index is 10.8. The molecule has 0 radical (unpaired) electrons. The Labute approximate surface area is 140 Å². The van der Waals surface area contributed by atoms with Crippen LogP contribution in [0.25, 0.3) is 0 Å². The number of hydrogen-bond donors (Lipinski definition) is 1. The molecule has 1 N–H and O–H groups in total. The molecule has 1 aliphatic heterocycles. The zero-order valence-corrected chi connectivity index (χ0v) is 15.0. The molecule has 0 saturated carbocycles. The number of aliphatic hydroxyl groups excluding tert-OH is 1. The van der Waals surface area contributed by atoms with Crippen LogP contribution >= 0.6 is 27.5 Å². The third kappa shape index (κ3) is 3.99. The summed E-state index contributed by atoms with van der Waals surface area (Å²) >= 11 is 9.69. The fourth-order valence-corrected chi connectivity index (χ4v) is 3.61. The summed E-state index contributed by atoms with van der Waals surface area (Å²) < 4.78 is 6.38. The SMILES string of the molecule is CCC(C)(C(O)Cc1ccc(Br)cc1Cl)N1CCOCC1. The number of nitrogens with zero attached hydrogens (tertiary/aromatic N) is 1. The van der Waals surface area contributed by atoms with E-state index in [2.05, 4.69) is 34.7 Å². The number of benzene rings is 1. The molecular formula is C16H23BrClNO2. The predicted molar refractivity (Wildman–Crippen MR) is 90.0 cm³/mol. The van der Waals surface area contributed by atoms with Crippen molar-refractivity contribution < 1.29 is 9.84 Å². The summed E-state index contributed by atoms with van der Waals surface area (Å²) in [6.07, 6.45) is 0.995. The molecule has 2 unspecified atom stereocenters. The summed E-state index contributed by atoms with van der Waals surface area (Å²) in [6, 6.07) is 5.82. The highest BCUT2D eigenvalue weighted by molar-refractivity contribution is 9.10. The second-order valence-corrected chi connectivity index (χ2v) is 7.09. The minimum atomic E-state index is -0.459. The van der Waals surface area contributed by atoms with Crippen LogP contribution in [0.5, 0.6) is 0 Å². The highest BCUT2D eigenvalue weighted by atomic mass is 79.9. The molecule has 1 aliphatic rings. The van der Waals surface area contributed by atoms with Gasteiger partial charge in [-0.15, -0.1) is 0 Å². The lowest BCUT2D eigenvalue weighted by Gasteiger charge is -2.46. The van der Waals surface area contributed by atoms with E-state index in [4.69, 9.17) is 16.3 Å². The molecule has 1 saturated heterocycles. The van der Waals surface area contributed by atoms with Crippen LogP contribution in [-0.4, -0.2) is 48.0 Å². The first-order chi connectivity index (χ1) is 9.97. The second-order valence-electron chi connectivity index (χ2n) is 5.77. The maximum atomic E-state index is 10.8. The monoisotopic (exact) mass is 375 g/mol. The number of rotatable bonds is 5. The average molecular weight is 377 g/mol. The van der Waals surface area contributed by atoms with E-state index in [-0.39, 0.29) is 5.54 Å². The van der Waals surface area contributed by atoms with E-state index in [0.717, 1.165) is 42.8 Å². The molecule has 2 rings (SSSR count). The van der Waals surface area contributed by atoms with Crippen LogP contribution in [0.2, 0.25) is 5.02 Å². The third-order valence-corrected chi connectivity index (χ3v) is 5.44. The molecule has 3 nitrogen and oxygen atoms in total. The molecule has 0 aromatic heterocycles. The molecular weight excluding hydrogens is 354 g/mol. The van der Waals surface area contributed by atoms with E-state index in [9.17, 15) is 5.11 Å². The van der Waals surface area contributed by atoms with Crippen LogP contribution in [0.1, 0.15) is 25.8 Å².